The van der Waals surface area contributed by atoms with Gasteiger partial charge in [0.25, 0.3) is 0 Å². The maximum atomic E-state index is 13.2. The number of rotatable bonds is 9. The van der Waals surface area contributed by atoms with Gasteiger partial charge in [-0.05, 0) is 42.2 Å². The molecule has 0 aliphatic carbocycles. The molecule has 208 valence electrons. The van der Waals surface area contributed by atoms with Crippen molar-refractivity contribution in [1.82, 2.24) is 14.5 Å². The molecule has 1 atom stereocenters. The summed E-state index contributed by atoms with van der Waals surface area (Å²) in [6, 6.07) is 22.0. The Morgan fingerprint density at radius 1 is 1.05 bits per heavy atom. The molecule has 6 rings (SSSR count). The lowest BCUT2D eigenvalue weighted by molar-refractivity contribution is -0.119. The maximum Gasteiger partial charge on any atom is 0.356 e. The number of methoxy groups -OCH3 is 1. The molecule has 1 fully saturated rings. The fourth-order valence-electron chi connectivity index (χ4n) is 5.35. The lowest BCUT2D eigenvalue weighted by Gasteiger charge is -2.12. The standard InChI is InChI=1S/C32H31N5O4/c1-40-32(39)29-28(36-31(38)23-13-16-41-20-23)26-17-24(34-18-22-9-5-11-27-25(22)10-6-14-33-27)19-35-30(26)37(29)15-12-21-7-3-2-4-8-21/h2-11,14,17,19,23,34H,12-13,15-16,18,20H2,1H3,(H,36,38)/t23-/m1/s1. The van der Waals surface area contributed by atoms with E-state index in [1.54, 1.807) is 12.4 Å². The summed E-state index contributed by atoms with van der Waals surface area (Å²) in [6.07, 6.45) is 4.85. The van der Waals surface area contributed by atoms with Gasteiger partial charge in [-0.2, -0.15) is 0 Å². The van der Waals surface area contributed by atoms with Crippen molar-refractivity contribution in [3.05, 3.63) is 95.9 Å². The molecule has 5 aromatic rings. The van der Waals surface area contributed by atoms with E-state index in [2.05, 4.69) is 27.8 Å². The summed E-state index contributed by atoms with van der Waals surface area (Å²) < 4.78 is 12.5. The van der Waals surface area contributed by atoms with E-state index in [1.165, 1.54) is 7.11 Å². The molecule has 2 N–H and O–H groups in total. The van der Waals surface area contributed by atoms with E-state index in [-0.39, 0.29) is 17.5 Å². The van der Waals surface area contributed by atoms with Gasteiger partial charge < -0.3 is 24.7 Å². The fraction of sp³-hybridized carbons (Fsp3) is 0.250. The third-order valence-corrected chi connectivity index (χ3v) is 7.51. The molecule has 1 aliphatic rings. The zero-order chi connectivity index (χ0) is 28.2. The van der Waals surface area contributed by atoms with Crippen LogP contribution in [0.2, 0.25) is 0 Å². The zero-order valence-electron chi connectivity index (χ0n) is 22.8. The molecule has 41 heavy (non-hydrogen) atoms. The van der Waals surface area contributed by atoms with Gasteiger partial charge in [0.2, 0.25) is 5.91 Å². The lowest BCUT2D eigenvalue weighted by atomic mass is 10.1. The largest absolute Gasteiger partial charge is 0.464 e. The number of aryl methyl sites for hydroxylation is 2. The zero-order valence-corrected chi connectivity index (χ0v) is 22.8. The van der Waals surface area contributed by atoms with Gasteiger partial charge in [0.05, 0.1) is 42.7 Å². The van der Waals surface area contributed by atoms with Gasteiger partial charge in [0.15, 0.2) is 5.69 Å². The van der Waals surface area contributed by atoms with Crippen LogP contribution < -0.4 is 10.6 Å². The first-order valence-electron chi connectivity index (χ1n) is 13.7. The molecule has 0 spiro atoms. The minimum absolute atomic E-state index is 0.184. The van der Waals surface area contributed by atoms with Crippen molar-refractivity contribution in [1.29, 1.82) is 0 Å². The summed E-state index contributed by atoms with van der Waals surface area (Å²) in [5, 5.41) is 8.23. The van der Waals surface area contributed by atoms with E-state index in [0.717, 1.165) is 27.7 Å². The maximum absolute atomic E-state index is 13.2. The first-order valence-corrected chi connectivity index (χ1v) is 13.7. The van der Waals surface area contributed by atoms with Crippen molar-refractivity contribution in [2.24, 2.45) is 5.92 Å². The number of nitrogens with one attached hydrogen (secondary N) is 2. The number of esters is 1. The van der Waals surface area contributed by atoms with Gasteiger partial charge in [-0.25, -0.2) is 9.78 Å². The average molecular weight is 550 g/mol. The van der Waals surface area contributed by atoms with Crippen LogP contribution in [0, 0.1) is 5.92 Å². The SMILES string of the molecule is COC(=O)c1c(NC(=O)[C@@H]2CCOC2)c2cc(NCc3cccc4ncccc34)cnc2n1CCc1ccccc1. The van der Waals surface area contributed by atoms with E-state index < -0.39 is 5.97 Å². The number of pyridine rings is 2. The number of amides is 1. The Morgan fingerprint density at radius 3 is 2.73 bits per heavy atom. The average Bonchev–Trinajstić information content (AvgIpc) is 3.66. The number of carbonyl (C=O) groups is 2. The molecule has 0 bridgehead atoms. The number of fused-ring (bicyclic) bond motifs is 2. The number of hydrogen-bond acceptors (Lipinski definition) is 7. The molecule has 1 amide bonds. The molecule has 0 unspecified atom stereocenters. The second-order valence-electron chi connectivity index (χ2n) is 10.1. The summed E-state index contributed by atoms with van der Waals surface area (Å²) in [5.74, 6) is -0.999. The predicted molar refractivity (Wildman–Crippen MR) is 158 cm³/mol. The smallest absolute Gasteiger partial charge is 0.356 e. The van der Waals surface area contributed by atoms with Crippen LogP contribution >= 0.6 is 0 Å². The molecular weight excluding hydrogens is 518 g/mol. The number of hydrogen-bond donors (Lipinski definition) is 2. The number of nitrogens with zero attached hydrogens (tertiary/aromatic N) is 3. The Labute approximate surface area is 237 Å². The molecular formula is C32H31N5O4. The van der Waals surface area contributed by atoms with Gasteiger partial charge in [0.1, 0.15) is 5.65 Å². The summed E-state index contributed by atoms with van der Waals surface area (Å²) in [4.78, 5) is 35.7. The number of benzene rings is 2. The highest BCUT2D eigenvalue weighted by Gasteiger charge is 2.29. The number of ether oxygens (including phenoxy) is 2. The summed E-state index contributed by atoms with van der Waals surface area (Å²) in [6.45, 7) is 1.93. The Balaban J connectivity index is 1.38. The monoisotopic (exact) mass is 549 g/mol. The number of anilines is 2. The van der Waals surface area contributed by atoms with Gasteiger partial charge in [0, 0.05) is 36.7 Å². The molecule has 1 aliphatic heterocycles. The molecule has 0 saturated carbocycles. The molecule has 9 nitrogen and oxygen atoms in total. The second-order valence-corrected chi connectivity index (χ2v) is 10.1. The first-order chi connectivity index (χ1) is 20.1. The summed E-state index contributed by atoms with van der Waals surface area (Å²) in [7, 11) is 1.34. The Bertz CT molecular complexity index is 1700. The highest BCUT2D eigenvalue weighted by atomic mass is 16.5. The van der Waals surface area contributed by atoms with Crippen LogP contribution in [-0.2, 0) is 33.8 Å². The number of carbonyl (C=O) groups excluding carboxylic acids is 2. The summed E-state index contributed by atoms with van der Waals surface area (Å²) in [5.41, 5.74) is 5.19. The third kappa shape index (κ3) is 5.49. The quantitative estimate of drug-likeness (QED) is 0.243. The number of aromatic nitrogens is 3. The highest BCUT2D eigenvalue weighted by molar-refractivity contribution is 6.11. The first kappa shape index (κ1) is 26.5. The van der Waals surface area contributed by atoms with Crippen LogP contribution in [0.3, 0.4) is 0 Å². The van der Waals surface area contributed by atoms with Crippen molar-refractivity contribution < 1.29 is 19.1 Å². The summed E-state index contributed by atoms with van der Waals surface area (Å²) >= 11 is 0. The van der Waals surface area contributed by atoms with Gasteiger partial charge in [-0.3, -0.25) is 9.78 Å². The van der Waals surface area contributed by atoms with Crippen molar-refractivity contribution in [2.45, 2.75) is 25.9 Å². The van der Waals surface area contributed by atoms with Crippen LogP contribution in [0.4, 0.5) is 11.4 Å². The Kier molecular flexibility index (Phi) is 7.60. The highest BCUT2D eigenvalue weighted by Crippen LogP contribution is 2.34. The van der Waals surface area contributed by atoms with Crippen LogP contribution in [0.25, 0.3) is 21.9 Å². The van der Waals surface area contributed by atoms with Crippen LogP contribution in [-0.4, -0.2) is 46.7 Å². The topological polar surface area (TPSA) is 107 Å². The molecule has 2 aromatic carbocycles. The van der Waals surface area contributed by atoms with E-state index in [9.17, 15) is 9.59 Å². The third-order valence-electron chi connectivity index (χ3n) is 7.51. The molecule has 1 saturated heterocycles. The predicted octanol–water partition coefficient (Wildman–Crippen LogP) is 5.20. The van der Waals surface area contributed by atoms with Crippen molar-refractivity contribution in [3.8, 4) is 0 Å². The van der Waals surface area contributed by atoms with Crippen molar-refractivity contribution >= 4 is 45.2 Å². The van der Waals surface area contributed by atoms with Gasteiger partial charge >= 0.3 is 5.97 Å². The Morgan fingerprint density at radius 2 is 1.93 bits per heavy atom. The van der Waals surface area contributed by atoms with Gasteiger partial charge in [-0.15, -0.1) is 0 Å². The van der Waals surface area contributed by atoms with Crippen LogP contribution in [0.15, 0.2) is 79.1 Å². The van der Waals surface area contributed by atoms with Gasteiger partial charge in [-0.1, -0.05) is 48.5 Å². The molecule has 3 aromatic heterocycles. The van der Waals surface area contributed by atoms with Crippen LogP contribution in [0.5, 0.6) is 0 Å². The van der Waals surface area contributed by atoms with E-state index in [0.29, 0.717) is 55.9 Å². The molecule has 4 heterocycles. The Hall–Kier alpha value is -4.76. The van der Waals surface area contributed by atoms with E-state index >= 15 is 0 Å². The molecule has 9 heteroatoms. The molecule has 0 radical (unpaired) electrons. The lowest BCUT2D eigenvalue weighted by Crippen LogP contribution is -2.24. The van der Waals surface area contributed by atoms with E-state index in [1.807, 2.05) is 59.2 Å². The van der Waals surface area contributed by atoms with Crippen molar-refractivity contribution in [3.63, 3.8) is 0 Å². The van der Waals surface area contributed by atoms with Crippen molar-refractivity contribution in [2.75, 3.05) is 31.0 Å². The fourth-order valence-corrected chi connectivity index (χ4v) is 5.35. The minimum atomic E-state index is -0.535. The second kappa shape index (κ2) is 11.8. The van der Waals surface area contributed by atoms with E-state index in [4.69, 9.17) is 14.5 Å². The minimum Gasteiger partial charge on any atom is -0.464 e. The van der Waals surface area contributed by atoms with Crippen LogP contribution in [0.1, 0.15) is 28.0 Å². The normalized spacial score (nSPS) is 14.8.